The summed E-state index contributed by atoms with van der Waals surface area (Å²) < 4.78 is 0.886. The maximum Gasteiger partial charge on any atom is 0.229 e. The Labute approximate surface area is 161 Å². The quantitative estimate of drug-likeness (QED) is 0.467. The smallest absolute Gasteiger partial charge is 0.229 e. The van der Waals surface area contributed by atoms with Crippen molar-refractivity contribution in [3.63, 3.8) is 0 Å². The number of hydrogen-bond acceptors (Lipinski definition) is 5. The predicted molar refractivity (Wildman–Crippen MR) is 109 cm³/mol. The maximum atomic E-state index is 12.3. The van der Waals surface area contributed by atoms with Crippen molar-refractivity contribution in [2.45, 2.75) is 42.2 Å². The van der Waals surface area contributed by atoms with E-state index in [4.69, 9.17) is 0 Å². The van der Waals surface area contributed by atoms with E-state index in [9.17, 15) is 4.79 Å². The van der Waals surface area contributed by atoms with E-state index in [0.29, 0.717) is 5.13 Å². The monoisotopic (exact) mass is 383 g/mol. The Kier molecular flexibility index (Phi) is 5.51. The second kappa shape index (κ2) is 8.18. The van der Waals surface area contributed by atoms with E-state index in [1.807, 2.05) is 0 Å². The zero-order valence-electron chi connectivity index (χ0n) is 14.5. The first-order valence-corrected chi connectivity index (χ1v) is 10.8. The fourth-order valence-corrected chi connectivity index (χ4v) is 5.21. The maximum absolute atomic E-state index is 12.3. The van der Waals surface area contributed by atoms with Gasteiger partial charge >= 0.3 is 0 Å². The van der Waals surface area contributed by atoms with Crippen molar-refractivity contribution in [3.8, 4) is 0 Å². The van der Waals surface area contributed by atoms with Crippen LogP contribution in [0.15, 0.2) is 46.8 Å². The van der Waals surface area contributed by atoms with E-state index in [1.54, 1.807) is 11.8 Å². The Hall–Kier alpha value is -1.92. The number of nitrogens with one attached hydrogen (secondary N) is 1. The molecule has 1 aromatic heterocycles. The molecule has 0 radical (unpaired) electrons. The third-order valence-corrected chi connectivity index (χ3v) is 6.86. The molecule has 26 heavy (non-hydrogen) atoms. The average molecular weight is 384 g/mol. The highest BCUT2D eigenvalue weighted by Gasteiger charge is 2.22. The van der Waals surface area contributed by atoms with Crippen molar-refractivity contribution in [1.82, 2.24) is 10.2 Å². The SMILES string of the molecule is O=C(Nc1nnc(SCc2cccc3ccccc23)s1)C1CCCCC1. The minimum atomic E-state index is 0.103. The Balaban J connectivity index is 1.38. The standard InChI is InChI=1S/C20H21N3OS2/c24-18(15-8-2-1-3-9-15)21-19-22-23-20(26-19)25-13-16-11-6-10-14-7-4-5-12-17(14)16/h4-7,10-12,15H,1-3,8-9,13H2,(H,21,22,24). The number of aromatic nitrogens is 2. The number of amides is 1. The molecule has 6 heteroatoms. The molecule has 0 unspecified atom stereocenters. The number of carbonyl (C=O) groups excluding carboxylic acids is 1. The van der Waals surface area contributed by atoms with Crippen LogP contribution in [0.5, 0.6) is 0 Å². The van der Waals surface area contributed by atoms with Gasteiger partial charge in [0.1, 0.15) is 0 Å². The molecule has 4 rings (SSSR count). The number of rotatable bonds is 5. The second-order valence-electron chi connectivity index (χ2n) is 6.62. The Morgan fingerprint density at radius 2 is 1.88 bits per heavy atom. The molecule has 1 N–H and O–H groups in total. The highest BCUT2D eigenvalue weighted by atomic mass is 32.2. The average Bonchev–Trinajstić information content (AvgIpc) is 3.14. The molecule has 4 nitrogen and oxygen atoms in total. The van der Waals surface area contributed by atoms with E-state index in [-0.39, 0.29) is 11.8 Å². The summed E-state index contributed by atoms with van der Waals surface area (Å²) in [5.41, 5.74) is 1.29. The fourth-order valence-electron chi connectivity index (χ4n) is 3.45. The van der Waals surface area contributed by atoms with Gasteiger partial charge in [0.2, 0.25) is 11.0 Å². The highest BCUT2D eigenvalue weighted by molar-refractivity contribution is 8.00. The lowest BCUT2D eigenvalue weighted by Gasteiger charge is -2.19. The van der Waals surface area contributed by atoms with Crippen LogP contribution in [-0.2, 0) is 10.5 Å². The molecule has 0 atom stereocenters. The molecule has 0 saturated heterocycles. The number of carbonyl (C=O) groups is 1. The molecule has 1 aliphatic rings. The van der Waals surface area contributed by atoms with Crippen LogP contribution in [0.25, 0.3) is 10.8 Å². The molecule has 0 spiro atoms. The summed E-state index contributed by atoms with van der Waals surface area (Å²) in [5.74, 6) is 1.08. The topological polar surface area (TPSA) is 54.9 Å². The van der Waals surface area contributed by atoms with Crippen LogP contribution in [0, 0.1) is 5.92 Å². The minimum absolute atomic E-state index is 0.103. The second-order valence-corrected chi connectivity index (χ2v) is 8.82. The van der Waals surface area contributed by atoms with E-state index in [1.165, 1.54) is 34.1 Å². The molecule has 0 aliphatic heterocycles. The number of benzene rings is 2. The molecule has 134 valence electrons. The van der Waals surface area contributed by atoms with Gasteiger partial charge in [-0.3, -0.25) is 4.79 Å². The molecule has 1 aliphatic carbocycles. The van der Waals surface area contributed by atoms with Crippen molar-refractivity contribution >= 4 is 44.9 Å². The van der Waals surface area contributed by atoms with Crippen molar-refractivity contribution in [1.29, 1.82) is 0 Å². The lowest BCUT2D eigenvalue weighted by Crippen LogP contribution is -2.24. The van der Waals surface area contributed by atoms with Crippen molar-refractivity contribution in [3.05, 3.63) is 48.0 Å². The molecular formula is C20H21N3OS2. The van der Waals surface area contributed by atoms with E-state index < -0.39 is 0 Å². The minimum Gasteiger partial charge on any atom is -0.300 e. The predicted octanol–water partition coefficient (Wildman–Crippen LogP) is 5.50. The molecule has 3 aromatic rings. The van der Waals surface area contributed by atoms with Crippen LogP contribution in [0.4, 0.5) is 5.13 Å². The van der Waals surface area contributed by atoms with Crippen molar-refractivity contribution in [2.24, 2.45) is 5.92 Å². The summed E-state index contributed by atoms with van der Waals surface area (Å²) in [6.07, 6.45) is 5.54. The van der Waals surface area contributed by atoms with Crippen LogP contribution in [-0.4, -0.2) is 16.1 Å². The van der Waals surface area contributed by atoms with Gasteiger partial charge in [0, 0.05) is 11.7 Å². The largest absolute Gasteiger partial charge is 0.300 e. The van der Waals surface area contributed by atoms with Crippen LogP contribution in [0.3, 0.4) is 0 Å². The van der Waals surface area contributed by atoms with Crippen LogP contribution >= 0.6 is 23.1 Å². The van der Waals surface area contributed by atoms with Gasteiger partial charge in [0.15, 0.2) is 4.34 Å². The van der Waals surface area contributed by atoms with Crippen molar-refractivity contribution in [2.75, 3.05) is 5.32 Å². The summed E-state index contributed by atoms with van der Waals surface area (Å²) in [5, 5.41) is 14.5. The van der Waals surface area contributed by atoms with Gasteiger partial charge < -0.3 is 5.32 Å². The van der Waals surface area contributed by atoms with Crippen molar-refractivity contribution < 1.29 is 4.79 Å². The zero-order valence-corrected chi connectivity index (χ0v) is 16.1. The molecule has 1 heterocycles. The number of hydrogen-bond donors (Lipinski definition) is 1. The van der Waals surface area contributed by atoms with Gasteiger partial charge in [-0.2, -0.15) is 0 Å². The Morgan fingerprint density at radius 3 is 2.77 bits per heavy atom. The molecule has 1 saturated carbocycles. The zero-order chi connectivity index (χ0) is 17.8. The first-order valence-electron chi connectivity index (χ1n) is 9.03. The van der Waals surface area contributed by atoms with E-state index in [2.05, 4.69) is 58.0 Å². The van der Waals surface area contributed by atoms with Gasteiger partial charge in [-0.1, -0.05) is 84.8 Å². The normalized spacial score (nSPS) is 15.2. The van der Waals surface area contributed by atoms with Crippen LogP contribution in [0.1, 0.15) is 37.7 Å². The number of fused-ring (bicyclic) bond motifs is 1. The number of anilines is 1. The molecule has 2 aromatic carbocycles. The summed E-state index contributed by atoms with van der Waals surface area (Å²) >= 11 is 3.12. The van der Waals surface area contributed by atoms with E-state index in [0.717, 1.165) is 35.8 Å². The summed E-state index contributed by atoms with van der Waals surface area (Å²) in [4.78, 5) is 12.3. The summed E-state index contributed by atoms with van der Waals surface area (Å²) in [6, 6.07) is 14.8. The lowest BCUT2D eigenvalue weighted by molar-refractivity contribution is -0.120. The highest BCUT2D eigenvalue weighted by Crippen LogP contribution is 2.31. The Bertz CT molecular complexity index is 897. The van der Waals surface area contributed by atoms with Gasteiger partial charge in [-0.25, -0.2) is 0 Å². The molecule has 1 amide bonds. The number of thioether (sulfide) groups is 1. The van der Waals surface area contributed by atoms with Gasteiger partial charge in [0.05, 0.1) is 0 Å². The van der Waals surface area contributed by atoms with E-state index >= 15 is 0 Å². The molecule has 1 fully saturated rings. The van der Waals surface area contributed by atoms with Crippen LogP contribution in [0.2, 0.25) is 0 Å². The van der Waals surface area contributed by atoms with Gasteiger partial charge in [-0.15, -0.1) is 10.2 Å². The molecule has 0 bridgehead atoms. The lowest BCUT2D eigenvalue weighted by atomic mass is 9.89. The third kappa shape index (κ3) is 4.07. The van der Waals surface area contributed by atoms with Crippen LogP contribution < -0.4 is 5.32 Å². The fraction of sp³-hybridized carbons (Fsp3) is 0.350. The Morgan fingerprint density at radius 1 is 1.08 bits per heavy atom. The third-order valence-electron chi connectivity index (χ3n) is 4.84. The summed E-state index contributed by atoms with van der Waals surface area (Å²) in [7, 11) is 0. The first kappa shape index (κ1) is 17.5. The first-order chi connectivity index (χ1) is 12.8. The molecular weight excluding hydrogens is 362 g/mol. The van der Waals surface area contributed by atoms with Gasteiger partial charge in [0.25, 0.3) is 0 Å². The number of nitrogens with zero attached hydrogens (tertiary/aromatic N) is 2. The summed E-state index contributed by atoms with van der Waals surface area (Å²) in [6.45, 7) is 0. The van der Waals surface area contributed by atoms with Gasteiger partial charge in [-0.05, 0) is 29.2 Å².